The summed E-state index contributed by atoms with van der Waals surface area (Å²) in [6, 6.07) is 7.98. The number of fused-ring (bicyclic) bond motifs is 1. The monoisotopic (exact) mass is 774 g/mol. The number of likely N-dealkylation sites (N-methyl/N-ethyl adjacent to an activating group) is 1. The molecule has 1 aromatic carbocycles. The SMILES string of the molecule is CCCCCN(NC)C(=O)C(Cc1nc(-c2ccc3c(c2)c(CC(C)(C)COC=O)c(-c2cc(N4CCN(C)CC4)cnc2COC)n3CC)cs1)NC=O. The van der Waals surface area contributed by atoms with Crippen LogP contribution in [0.15, 0.2) is 35.8 Å². The van der Waals surface area contributed by atoms with Crippen molar-refractivity contribution in [3.8, 4) is 22.5 Å². The van der Waals surface area contributed by atoms with Gasteiger partial charge in [-0.05, 0) is 50.6 Å². The van der Waals surface area contributed by atoms with Crippen LogP contribution in [0.4, 0.5) is 5.69 Å². The number of rotatable bonds is 21. The number of piperazine rings is 1. The van der Waals surface area contributed by atoms with Crippen LogP contribution < -0.4 is 15.6 Å². The minimum absolute atomic E-state index is 0.192. The van der Waals surface area contributed by atoms with Crippen molar-refractivity contribution in [1.29, 1.82) is 0 Å². The number of pyridine rings is 1. The second-order valence-corrected chi connectivity index (χ2v) is 16.0. The molecule has 13 nitrogen and oxygen atoms in total. The number of ether oxygens (including phenoxy) is 2. The summed E-state index contributed by atoms with van der Waals surface area (Å²) >= 11 is 1.48. The maximum absolute atomic E-state index is 13.4. The highest BCUT2D eigenvalue weighted by atomic mass is 32.1. The fourth-order valence-corrected chi connectivity index (χ4v) is 8.27. The van der Waals surface area contributed by atoms with Gasteiger partial charge < -0.3 is 29.2 Å². The van der Waals surface area contributed by atoms with Gasteiger partial charge in [0, 0.05) is 92.7 Å². The van der Waals surface area contributed by atoms with Gasteiger partial charge in [0.2, 0.25) is 6.41 Å². The van der Waals surface area contributed by atoms with Crippen LogP contribution >= 0.6 is 11.3 Å². The predicted molar refractivity (Wildman–Crippen MR) is 219 cm³/mol. The van der Waals surface area contributed by atoms with Gasteiger partial charge >= 0.3 is 0 Å². The normalized spacial score (nSPS) is 14.3. The number of aryl methyl sites for hydroxylation is 1. The van der Waals surface area contributed by atoms with E-state index < -0.39 is 6.04 Å². The summed E-state index contributed by atoms with van der Waals surface area (Å²) in [5.74, 6) is -0.192. The largest absolute Gasteiger partial charge is 0.467 e. The Morgan fingerprint density at radius 1 is 1.13 bits per heavy atom. The first kappa shape index (κ1) is 41.8. The number of unbranched alkanes of at least 4 members (excludes halogenated alkanes) is 2. The molecule has 0 aliphatic carbocycles. The summed E-state index contributed by atoms with van der Waals surface area (Å²) in [6.45, 7) is 14.8. The number of hydrogen-bond acceptors (Lipinski definition) is 11. The number of benzene rings is 1. The third-order valence-electron chi connectivity index (χ3n) is 10.4. The topological polar surface area (TPSA) is 134 Å². The van der Waals surface area contributed by atoms with Crippen molar-refractivity contribution in [3.05, 3.63) is 52.1 Å². The Bertz CT molecular complexity index is 1900. The van der Waals surface area contributed by atoms with Crippen LogP contribution in [-0.4, -0.2) is 110 Å². The van der Waals surface area contributed by atoms with Crippen molar-refractivity contribution < 1.29 is 23.9 Å². The average molecular weight is 775 g/mol. The maximum atomic E-state index is 13.4. The number of hydrazine groups is 1. The number of hydrogen-bond donors (Lipinski definition) is 2. The van der Waals surface area contributed by atoms with Crippen LogP contribution in [0, 0.1) is 5.41 Å². The zero-order chi connectivity index (χ0) is 39.5. The number of amides is 2. The predicted octanol–water partition coefficient (Wildman–Crippen LogP) is 5.30. The van der Waals surface area contributed by atoms with Crippen LogP contribution in [0.2, 0.25) is 0 Å². The lowest BCUT2D eigenvalue weighted by Gasteiger charge is -2.34. The van der Waals surface area contributed by atoms with Crippen LogP contribution in [0.3, 0.4) is 0 Å². The molecule has 2 N–H and O–H groups in total. The first-order chi connectivity index (χ1) is 26.6. The van der Waals surface area contributed by atoms with Gasteiger partial charge in [-0.3, -0.25) is 24.4 Å². The third-order valence-corrected chi connectivity index (χ3v) is 11.2. The molecule has 0 radical (unpaired) electrons. The Morgan fingerprint density at radius 2 is 1.91 bits per heavy atom. The molecule has 0 bridgehead atoms. The first-order valence-electron chi connectivity index (χ1n) is 19.3. The molecular formula is C41H58N8O5S. The highest BCUT2D eigenvalue weighted by molar-refractivity contribution is 7.10. The van der Waals surface area contributed by atoms with Gasteiger partial charge in [0.25, 0.3) is 12.4 Å². The van der Waals surface area contributed by atoms with E-state index in [2.05, 4.69) is 84.1 Å². The van der Waals surface area contributed by atoms with E-state index in [-0.39, 0.29) is 24.3 Å². The number of carbonyl (C=O) groups is 3. The van der Waals surface area contributed by atoms with Gasteiger partial charge in [0.05, 0.1) is 47.2 Å². The smallest absolute Gasteiger partial charge is 0.293 e. The molecule has 4 heterocycles. The molecule has 4 aromatic rings. The maximum Gasteiger partial charge on any atom is 0.293 e. The summed E-state index contributed by atoms with van der Waals surface area (Å²) < 4.78 is 13.4. The molecule has 1 unspecified atom stereocenters. The van der Waals surface area contributed by atoms with E-state index in [0.29, 0.717) is 32.5 Å². The molecule has 0 saturated carbocycles. The number of nitrogens with one attached hydrogen (secondary N) is 2. The summed E-state index contributed by atoms with van der Waals surface area (Å²) in [5, 5.41) is 8.15. The zero-order valence-corrected chi connectivity index (χ0v) is 34.3. The molecular weight excluding hydrogens is 717 g/mol. The lowest BCUT2D eigenvalue weighted by atomic mass is 9.84. The molecule has 0 spiro atoms. The van der Waals surface area contributed by atoms with E-state index in [1.54, 1.807) is 19.2 Å². The molecule has 1 saturated heterocycles. The van der Waals surface area contributed by atoms with Crippen molar-refractivity contribution in [1.82, 2.24) is 35.2 Å². The highest BCUT2D eigenvalue weighted by Gasteiger charge is 2.29. The Morgan fingerprint density at radius 3 is 2.58 bits per heavy atom. The van der Waals surface area contributed by atoms with Gasteiger partial charge in [0.15, 0.2) is 0 Å². The summed E-state index contributed by atoms with van der Waals surface area (Å²) in [4.78, 5) is 51.1. The Hall–Kier alpha value is -4.37. The lowest BCUT2D eigenvalue weighted by Crippen LogP contribution is -2.52. The fourth-order valence-electron chi connectivity index (χ4n) is 7.42. The average Bonchev–Trinajstić information content (AvgIpc) is 3.77. The zero-order valence-electron chi connectivity index (χ0n) is 33.5. The second kappa shape index (κ2) is 19.5. The molecule has 3 aromatic heterocycles. The van der Waals surface area contributed by atoms with Crippen molar-refractivity contribution >= 4 is 46.7 Å². The van der Waals surface area contributed by atoms with E-state index in [0.717, 1.165) is 107 Å². The molecule has 1 aliphatic heterocycles. The van der Waals surface area contributed by atoms with Gasteiger partial charge in [-0.25, -0.2) is 10.4 Å². The van der Waals surface area contributed by atoms with Crippen molar-refractivity contribution in [2.75, 3.05) is 65.4 Å². The Kier molecular flexibility index (Phi) is 14.8. The molecule has 14 heteroatoms. The van der Waals surface area contributed by atoms with Crippen molar-refractivity contribution in [2.45, 2.75) is 79.0 Å². The number of thiazole rings is 1. The van der Waals surface area contributed by atoms with E-state index >= 15 is 0 Å². The number of nitrogens with zero attached hydrogens (tertiary/aromatic N) is 6. The van der Waals surface area contributed by atoms with Crippen molar-refractivity contribution in [2.24, 2.45) is 5.41 Å². The van der Waals surface area contributed by atoms with Crippen LogP contribution in [0.1, 0.15) is 63.2 Å². The number of methoxy groups -OCH3 is 1. The minimum atomic E-state index is -0.742. The molecule has 1 atom stereocenters. The van der Waals surface area contributed by atoms with E-state index in [1.165, 1.54) is 11.3 Å². The molecule has 298 valence electrons. The molecule has 1 aliphatic rings. The summed E-state index contributed by atoms with van der Waals surface area (Å²) in [6.07, 6.45) is 6.40. The van der Waals surface area contributed by atoms with Gasteiger partial charge in [-0.15, -0.1) is 11.3 Å². The fraction of sp³-hybridized carbons (Fsp3) is 0.537. The molecule has 2 amide bonds. The van der Waals surface area contributed by atoms with Gasteiger partial charge in [0.1, 0.15) is 6.04 Å². The Labute approximate surface area is 329 Å². The van der Waals surface area contributed by atoms with E-state index in [1.807, 2.05) is 11.6 Å². The number of aromatic nitrogens is 3. The van der Waals surface area contributed by atoms with Crippen LogP contribution in [0.25, 0.3) is 33.4 Å². The van der Waals surface area contributed by atoms with Crippen molar-refractivity contribution in [3.63, 3.8) is 0 Å². The summed E-state index contributed by atoms with van der Waals surface area (Å²) in [5.41, 5.74) is 10.6. The van der Waals surface area contributed by atoms with E-state index in [4.69, 9.17) is 19.4 Å². The Balaban J connectivity index is 1.58. The second-order valence-electron chi connectivity index (χ2n) is 15.1. The highest BCUT2D eigenvalue weighted by Crippen LogP contribution is 2.42. The lowest BCUT2D eigenvalue weighted by molar-refractivity contribution is -0.137. The standard InChI is InChI=1S/C41H58N8O5S/c1-8-10-11-14-49(42-5)40(52)34(44-27-50)21-38-45-36(25-55-38)29-12-13-37-31(19-29)33(22-41(3,4)26-54-28-51)39(48(37)9-2)32-20-30(23-43-35(32)24-53-7)47-17-15-46(6)16-18-47/h12-13,19-20,23,25,27-28,34,42H,8-11,14-18,21-22,24,26H2,1-7H3,(H,44,50). The number of carbonyl (C=O) groups excluding carboxylic acids is 3. The van der Waals surface area contributed by atoms with Crippen LogP contribution in [-0.2, 0) is 49.9 Å². The molecule has 55 heavy (non-hydrogen) atoms. The molecule has 1 fully saturated rings. The van der Waals surface area contributed by atoms with Crippen LogP contribution in [0.5, 0.6) is 0 Å². The van der Waals surface area contributed by atoms with Gasteiger partial charge in [-0.2, -0.15) is 0 Å². The van der Waals surface area contributed by atoms with Gasteiger partial charge in [-0.1, -0.05) is 39.7 Å². The molecule has 5 rings (SSSR count). The third kappa shape index (κ3) is 10.1. The quantitative estimate of drug-likeness (QED) is 0.0653. The first-order valence-corrected chi connectivity index (χ1v) is 20.2. The minimum Gasteiger partial charge on any atom is -0.467 e. The number of anilines is 1. The van der Waals surface area contributed by atoms with E-state index in [9.17, 15) is 14.4 Å². The summed E-state index contributed by atoms with van der Waals surface area (Å²) in [7, 11) is 5.57.